The summed E-state index contributed by atoms with van der Waals surface area (Å²) in [4.78, 5) is 51.5. The zero-order valence-electron chi connectivity index (χ0n) is 15.9. The van der Waals surface area contributed by atoms with E-state index in [4.69, 9.17) is 5.11 Å². The molecule has 0 bridgehead atoms. The number of aliphatic carboxylic acids is 1. The van der Waals surface area contributed by atoms with Crippen LogP contribution in [0.1, 0.15) is 24.0 Å². The van der Waals surface area contributed by atoms with E-state index in [1.807, 2.05) is 31.2 Å². The first-order valence-corrected chi connectivity index (χ1v) is 9.13. The second-order valence-electron chi connectivity index (χ2n) is 7.24. The minimum absolute atomic E-state index is 0.0110. The summed E-state index contributed by atoms with van der Waals surface area (Å²) >= 11 is 0. The summed E-state index contributed by atoms with van der Waals surface area (Å²) in [5.41, 5.74) is 2.00. The van der Waals surface area contributed by atoms with Crippen molar-refractivity contribution in [2.45, 2.75) is 38.5 Å². The number of fused-ring (bicyclic) bond motifs is 1. The fourth-order valence-corrected chi connectivity index (χ4v) is 3.90. The number of carboxylic acids is 1. The van der Waals surface area contributed by atoms with Gasteiger partial charge in [0, 0.05) is 20.0 Å². The number of hydrazine groups is 1. The maximum absolute atomic E-state index is 13.1. The van der Waals surface area contributed by atoms with Crippen LogP contribution in [-0.2, 0) is 25.7 Å². The molecule has 28 heavy (non-hydrogen) atoms. The van der Waals surface area contributed by atoms with E-state index < -0.39 is 18.2 Å². The van der Waals surface area contributed by atoms with E-state index in [1.165, 1.54) is 14.9 Å². The molecule has 2 aliphatic heterocycles. The van der Waals surface area contributed by atoms with Crippen LogP contribution >= 0.6 is 0 Å². The molecule has 0 radical (unpaired) electrons. The predicted molar refractivity (Wildman–Crippen MR) is 98.4 cm³/mol. The van der Waals surface area contributed by atoms with Gasteiger partial charge in [-0.25, -0.2) is 5.01 Å². The first kappa shape index (κ1) is 19.8. The molecule has 9 nitrogen and oxygen atoms in total. The zero-order valence-corrected chi connectivity index (χ0v) is 15.9. The second-order valence-corrected chi connectivity index (χ2v) is 7.24. The molecule has 1 aromatic rings. The standard InChI is InChI=1S/C19H24N4O5/c1-13-4-3-5-14(8-13)9-21-10-16-22(12-24)20(2)11-17(25)23(16)15(19(21)28)6-7-18(26)27/h3-5,8,12,15-16H,6-7,9-11H2,1-2H3,(H,26,27)/t15?,16-/m1/s1. The van der Waals surface area contributed by atoms with Gasteiger partial charge in [0.25, 0.3) is 0 Å². The van der Waals surface area contributed by atoms with Gasteiger partial charge < -0.3 is 14.9 Å². The van der Waals surface area contributed by atoms with Crippen molar-refractivity contribution in [1.82, 2.24) is 19.8 Å². The van der Waals surface area contributed by atoms with Crippen LogP contribution in [0.2, 0.25) is 0 Å². The second kappa shape index (κ2) is 7.97. The van der Waals surface area contributed by atoms with Gasteiger partial charge in [0.2, 0.25) is 18.2 Å². The quantitative estimate of drug-likeness (QED) is 0.691. The monoisotopic (exact) mass is 388 g/mol. The van der Waals surface area contributed by atoms with Gasteiger partial charge in [0.15, 0.2) is 0 Å². The summed E-state index contributed by atoms with van der Waals surface area (Å²) in [5.74, 6) is -1.61. The maximum atomic E-state index is 13.1. The number of aryl methyl sites for hydroxylation is 1. The van der Waals surface area contributed by atoms with Crippen LogP contribution in [-0.4, -0.2) is 81.5 Å². The SMILES string of the molecule is Cc1cccc(CN2C[C@H]3N(C(=O)CN(C)N3C=O)C(CCC(=O)O)C2=O)c1. The lowest BCUT2D eigenvalue weighted by Crippen LogP contribution is -2.73. The van der Waals surface area contributed by atoms with Crippen LogP contribution in [0.5, 0.6) is 0 Å². The van der Waals surface area contributed by atoms with E-state index in [-0.39, 0.29) is 37.7 Å². The number of amides is 3. The topological polar surface area (TPSA) is 101 Å². The molecule has 3 rings (SSSR count). The Hall–Kier alpha value is -2.94. The van der Waals surface area contributed by atoms with Crippen molar-refractivity contribution in [1.29, 1.82) is 0 Å². The Labute approximate surface area is 163 Å². The minimum atomic E-state index is -1.03. The fourth-order valence-electron chi connectivity index (χ4n) is 3.90. The summed E-state index contributed by atoms with van der Waals surface area (Å²) in [6, 6.07) is 6.85. The Balaban J connectivity index is 1.92. The molecule has 0 aliphatic carbocycles. The summed E-state index contributed by atoms with van der Waals surface area (Å²) in [6.07, 6.45) is -0.233. The lowest BCUT2D eigenvalue weighted by Gasteiger charge is -2.53. The van der Waals surface area contributed by atoms with Gasteiger partial charge in [0.1, 0.15) is 12.2 Å². The Morgan fingerprint density at radius 3 is 2.71 bits per heavy atom. The number of benzene rings is 1. The highest BCUT2D eigenvalue weighted by Crippen LogP contribution is 2.28. The fraction of sp³-hybridized carbons (Fsp3) is 0.474. The van der Waals surface area contributed by atoms with E-state index in [0.29, 0.717) is 13.0 Å². The molecule has 1 aromatic carbocycles. The number of piperazine rings is 1. The largest absolute Gasteiger partial charge is 0.481 e. The normalized spacial score (nSPS) is 23.0. The van der Waals surface area contributed by atoms with Crippen LogP contribution in [0.3, 0.4) is 0 Å². The number of rotatable bonds is 6. The van der Waals surface area contributed by atoms with Crippen molar-refractivity contribution in [2.24, 2.45) is 0 Å². The number of likely N-dealkylation sites (N-methyl/N-ethyl adjacent to an activating group) is 1. The number of hydrogen-bond donors (Lipinski definition) is 1. The summed E-state index contributed by atoms with van der Waals surface area (Å²) < 4.78 is 0. The molecular formula is C19H24N4O5. The lowest BCUT2D eigenvalue weighted by molar-refractivity contribution is -0.197. The molecule has 2 saturated heterocycles. The van der Waals surface area contributed by atoms with E-state index in [1.54, 1.807) is 11.9 Å². The van der Waals surface area contributed by atoms with E-state index in [2.05, 4.69) is 0 Å². The summed E-state index contributed by atoms with van der Waals surface area (Å²) in [7, 11) is 1.64. The van der Waals surface area contributed by atoms with Gasteiger partial charge in [-0.05, 0) is 18.9 Å². The molecule has 1 N–H and O–H groups in total. The highest BCUT2D eigenvalue weighted by atomic mass is 16.4. The highest BCUT2D eigenvalue weighted by Gasteiger charge is 2.48. The van der Waals surface area contributed by atoms with Crippen molar-refractivity contribution in [3.05, 3.63) is 35.4 Å². The number of carbonyl (C=O) groups excluding carboxylic acids is 3. The smallest absolute Gasteiger partial charge is 0.303 e. The van der Waals surface area contributed by atoms with Crippen molar-refractivity contribution < 1.29 is 24.3 Å². The molecule has 0 saturated carbocycles. The molecule has 3 amide bonds. The van der Waals surface area contributed by atoms with Gasteiger partial charge in [-0.15, -0.1) is 0 Å². The molecule has 150 valence electrons. The number of hydrogen-bond acceptors (Lipinski definition) is 5. The molecule has 0 spiro atoms. The molecule has 0 aromatic heterocycles. The maximum Gasteiger partial charge on any atom is 0.303 e. The Kier molecular flexibility index (Phi) is 5.64. The van der Waals surface area contributed by atoms with Crippen molar-refractivity contribution >= 4 is 24.2 Å². The first-order valence-electron chi connectivity index (χ1n) is 9.13. The summed E-state index contributed by atoms with van der Waals surface area (Å²) in [6.45, 7) is 2.43. The van der Waals surface area contributed by atoms with Crippen LogP contribution in [0.4, 0.5) is 0 Å². The third kappa shape index (κ3) is 3.84. The van der Waals surface area contributed by atoms with Gasteiger partial charge in [-0.1, -0.05) is 29.8 Å². The molecule has 2 atom stereocenters. The molecular weight excluding hydrogens is 364 g/mol. The first-order chi connectivity index (χ1) is 13.3. The molecule has 1 unspecified atom stereocenters. The van der Waals surface area contributed by atoms with Crippen molar-refractivity contribution in [3.63, 3.8) is 0 Å². The molecule has 2 heterocycles. The zero-order chi connectivity index (χ0) is 20.4. The average Bonchev–Trinajstić information content (AvgIpc) is 2.62. The van der Waals surface area contributed by atoms with Crippen molar-refractivity contribution in [3.8, 4) is 0 Å². The third-order valence-corrected chi connectivity index (χ3v) is 5.18. The summed E-state index contributed by atoms with van der Waals surface area (Å²) in [5, 5.41) is 12.0. The Morgan fingerprint density at radius 2 is 2.07 bits per heavy atom. The number of nitrogens with zero attached hydrogens (tertiary/aromatic N) is 4. The predicted octanol–water partition coefficient (Wildman–Crippen LogP) is 0.0441. The van der Waals surface area contributed by atoms with Crippen LogP contribution in [0.25, 0.3) is 0 Å². The number of carboxylic acid groups (broad SMARTS) is 1. The molecule has 2 aliphatic rings. The molecule has 2 fully saturated rings. The molecule has 9 heteroatoms. The Morgan fingerprint density at radius 1 is 1.32 bits per heavy atom. The van der Waals surface area contributed by atoms with Crippen molar-refractivity contribution in [2.75, 3.05) is 20.1 Å². The van der Waals surface area contributed by atoms with Crippen LogP contribution in [0.15, 0.2) is 24.3 Å². The third-order valence-electron chi connectivity index (χ3n) is 5.18. The van der Waals surface area contributed by atoms with Gasteiger partial charge >= 0.3 is 5.97 Å². The Bertz CT molecular complexity index is 798. The van der Waals surface area contributed by atoms with E-state index >= 15 is 0 Å². The van der Waals surface area contributed by atoms with Gasteiger partial charge in [-0.2, -0.15) is 0 Å². The highest BCUT2D eigenvalue weighted by molar-refractivity contribution is 5.91. The van der Waals surface area contributed by atoms with Crippen LogP contribution < -0.4 is 0 Å². The van der Waals surface area contributed by atoms with E-state index in [9.17, 15) is 19.2 Å². The van der Waals surface area contributed by atoms with Gasteiger partial charge in [-0.3, -0.25) is 24.2 Å². The van der Waals surface area contributed by atoms with Crippen LogP contribution in [0, 0.1) is 6.92 Å². The minimum Gasteiger partial charge on any atom is -0.481 e. The average molecular weight is 388 g/mol. The number of carbonyl (C=O) groups is 4. The lowest BCUT2D eigenvalue weighted by atomic mass is 10.0. The van der Waals surface area contributed by atoms with E-state index in [0.717, 1.165) is 11.1 Å². The van der Waals surface area contributed by atoms with Gasteiger partial charge in [0.05, 0.1) is 13.1 Å².